The van der Waals surface area contributed by atoms with Crippen molar-refractivity contribution < 1.29 is 14.1 Å². The van der Waals surface area contributed by atoms with Gasteiger partial charge in [-0.05, 0) is 34.6 Å². The number of alkyl carbamates (subject to hydrolysis) is 1. The fourth-order valence-electron chi connectivity index (χ4n) is 1.58. The van der Waals surface area contributed by atoms with Crippen LogP contribution >= 0.6 is 23.1 Å². The molecule has 2 aromatic rings. The lowest BCUT2D eigenvalue weighted by molar-refractivity contribution is 0.0465. The monoisotopic (exact) mass is 372 g/mol. The van der Waals surface area contributed by atoms with E-state index in [1.54, 1.807) is 34.6 Å². The molecule has 0 aliphatic heterocycles. The number of carbonyl (C=O) groups is 1. The number of carbonyl (C=O) groups excluding carboxylic acids is 1. The third kappa shape index (κ3) is 5.34. The van der Waals surface area contributed by atoms with Gasteiger partial charge in [-0.3, -0.25) is 0 Å². The zero-order valence-electron chi connectivity index (χ0n) is 14.1. The number of nitrogens with zero attached hydrogens (tertiary/aromatic N) is 4. The maximum atomic E-state index is 11.9. The van der Waals surface area contributed by atoms with E-state index in [0.29, 0.717) is 22.6 Å². The number of ether oxygens (including phenoxy) is 1. The highest BCUT2D eigenvalue weighted by Crippen LogP contribution is 2.27. The minimum Gasteiger partial charge on any atom is -0.444 e. The first-order valence-corrected chi connectivity index (χ1v) is 8.91. The van der Waals surface area contributed by atoms with Crippen LogP contribution < -0.4 is 11.1 Å². The van der Waals surface area contributed by atoms with Crippen molar-refractivity contribution in [3.8, 4) is 0 Å². The molecule has 0 aliphatic carbocycles. The Labute approximate surface area is 147 Å². The second kappa shape index (κ2) is 6.93. The molecule has 11 heteroatoms. The Hall–Kier alpha value is -1.88. The summed E-state index contributed by atoms with van der Waals surface area (Å²) in [7, 11) is 0. The lowest BCUT2D eigenvalue weighted by Crippen LogP contribution is -2.44. The molecule has 0 unspecified atom stereocenters. The van der Waals surface area contributed by atoms with Gasteiger partial charge in [0.25, 0.3) is 0 Å². The first kappa shape index (κ1) is 18.5. The Balaban J connectivity index is 1.96. The Morgan fingerprint density at radius 1 is 1.33 bits per heavy atom. The molecule has 132 valence electrons. The van der Waals surface area contributed by atoms with Crippen LogP contribution in [-0.2, 0) is 16.0 Å². The summed E-state index contributed by atoms with van der Waals surface area (Å²) in [5.74, 6) is 1.22. The molecule has 0 aliphatic rings. The zero-order chi connectivity index (χ0) is 18.0. The molecule has 3 N–H and O–H groups in total. The number of nitrogens with two attached hydrogens (primary N) is 1. The van der Waals surface area contributed by atoms with E-state index in [0.717, 1.165) is 4.34 Å². The van der Waals surface area contributed by atoms with Crippen LogP contribution in [0.2, 0.25) is 0 Å². The van der Waals surface area contributed by atoms with Crippen LogP contribution in [0.4, 0.5) is 9.93 Å². The van der Waals surface area contributed by atoms with Crippen molar-refractivity contribution in [2.24, 2.45) is 0 Å². The summed E-state index contributed by atoms with van der Waals surface area (Å²) in [5.41, 5.74) is 4.11. The van der Waals surface area contributed by atoms with Crippen LogP contribution in [0.1, 0.15) is 46.3 Å². The highest BCUT2D eigenvalue weighted by atomic mass is 32.2. The van der Waals surface area contributed by atoms with Gasteiger partial charge in [-0.2, -0.15) is 4.98 Å². The molecule has 0 fully saturated rings. The molecule has 24 heavy (non-hydrogen) atoms. The summed E-state index contributed by atoms with van der Waals surface area (Å²) in [6.45, 7) is 8.92. The normalized spacial score (nSPS) is 12.2. The van der Waals surface area contributed by atoms with Crippen LogP contribution in [0.3, 0.4) is 0 Å². The van der Waals surface area contributed by atoms with Gasteiger partial charge in [-0.25, -0.2) is 4.79 Å². The zero-order valence-corrected chi connectivity index (χ0v) is 15.7. The number of thioether (sulfide) groups is 1. The highest BCUT2D eigenvalue weighted by Gasteiger charge is 2.30. The fourth-order valence-corrected chi connectivity index (χ4v) is 3.06. The Morgan fingerprint density at radius 2 is 2.04 bits per heavy atom. The van der Waals surface area contributed by atoms with Crippen molar-refractivity contribution in [3.63, 3.8) is 0 Å². The molecule has 0 atom stereocenters. The SMILES string of the molecule is CC(C)(C)OC(=O)NC(C)(C)c1noc(CSc2nnc(N)s2)n1. The van der Waals surface area contributed by atoms with Crippen molar-refractivity contribution in [2.75, 3.05) is 5.73 Å². The molecule has 2 rings (SSSR count). The topological polar surface area (TPSA) is 129 Å². The fraction of sp³-hybridized carbons (Fsp3) is 0.615. The van der Waals surface area contributed by atoms with Crippen LogP contribution in [0.15, 0.2) is 8.86 Å². The van der Waals surface area contributed by atoms with E-state index >= 15 is 0 Å². The van der Waals surface area contributed by atoms with Gasteiger partial charge in [0.05, 0.1) is 5.75 Å². The van der Waals surface area contributed by atoms with Crippen LogP contribution in [0.5, 0.6) is 0 Å². The number of aromatic nitrogens is 4. The van der Waals surface area contributed by atoms with Gasteiger partial charge < -0.3 is 20.3 Å². The third-order valence-electron chi connectivity index (χ3n) is 2.58. The largest absolute Gasteiger partial charge is 0.444 e. The van der Waals surface area contributed by atoms with Crippen molar-refractivity contribution in [3.05, 3.63) is 11.7 Å². The lowest BCUT2D eigenvalue weighted by atomic mass is 10.1. The van der Waals surface area contributed by atoms with Gasteiger partial charge in [-0.15, -0.1) is 10.2 Å². The molecule has 0 bridgehead atoms. The standard InChI is InChI=1S/C13H20N6O3S2/c1-12(2,3)21-10(20)16-13(4,5)8-15-7(22-19-8)6-23-11-18-17-9(14)24-11/h6H2,1-5H3,(H2,14,17)(H,16,20). The molecule has 0 aromatic carbocycles. The average molecular weight is 372 g/mol. The molecule has 0 radical (unpaired) electrons. The number of nitrogens with one attached hydrogen (secondary N) is 1. The molecule has 0 spiro atoms. The average Bonchev–Trinajstić information content (AvgIpc) is 3.02. The van der Waals surface area contributed by atoms with Gasteiger partial charge in [0, 0.05) is 0 Å². The molecule has 0 saturated heterocycles. The summed E-state index contributed by atoms with van der Waals surface area (Å²) >= 11 is 2.68. The van der Waals surface area contributed by atoms with Crippen molar-refractivity contribution in [1.82, 2.24) is 25.7 Å². The van der Waals surface area contributed by atoms with Crippen LogP contribution in [0, 0.1) is 0 Å². The predicted molar refractivity (Wildman–Crippen MR) is 90.6 cm³/mol. The summed E-state index contributed by atoms with van der Waals surface area (Å²) in [6.07, 6.45) is -0.544. The van der Waals surface area contributed by atoms with Gasteiger partial charge in [0.1, 0.15) is 11.1 Å². The Bertz CT molecular complexity index is 707. The predicted octanol–water partition coefficient (Wildman–Crippen LogP) is 2.56. The maximum absolute atomic E-state index is 11.9. The Morgan fingerprint density at radius 3 is 2.62 bits per heavy atom. The number of hydrogen-bond acceptors (Lipinski definition) is 10. The number of anilines is 1. The number of amides is 1. The smallest absolute Gasteiger partial charge is 0.408 e. The second-order valence-electron chi connectivity index (χ2n) is 6.46. The van der Waals surface area contributed by atoms with Gasteiger partial charge in [0.15, 0.2) is 10.2 Å². The molecule has 9 nitrogen and oxygen atoms in total. The molecule has 2 aromatic heterocycles. The minimum atomic E-state index is -0.831. The quantitative estimate of drug-likeness (QED) is 0.760. The van der Waals surface area contributed by atoms with Crippen LogP contribution in [0.25, 0.3) is 0 Å². The van der Waals surface area contributed by atoms with E-state index in [9.17, 15) is 4.79 Å². The van der Waals surface area contributed by atoms with E-state index < -0.39 is 17.2 Å². The van der Waals surface area contributed by atoms with Crippen LogP contribution in [-0.4, -0.2) is 32.0 Å². The highest BCUT2D eigenvalue weighted by molar-refractivity contribution is 8.00. The lowest BCUT2D eigenvalue weighted by Gasteiger charge is -2.26. The first-order valence-electron chi connectivity index (χ1n) is 7.11. The van der Waals surface area contributed by atoms with Crippen molar-refractivity contribution in [2.45, 2.75) is 55.9 Å². The van der Waals surface area contributed by atoms with E-state index in [-0.39, 0.29) is 0 Å². The molecular weight excluding hydrogens is 352 g/mol. The van der Waals surface area contributed by atoms with E-state index in [1.807, 2.05) is 0 Å². The minimum absolute atomic E-state index is 0.362. The molecule has 0 saturated carbocycles. The first-order chi connectivity index (χ1) is 11.0. The van der Waals surface area contributed by atoms with Gasteiger partial charge in [-0.1, -0.05) is 28.3 Å². The molecular formula is C13H20N6O3S2. The van der Waals surface area contributed by atoms with Crippen molar-refractivity contribution >= 4 is 34.3 Å². The number of nitrogen functional groups attached to an aromatic ring is 1. The maximum Gasteiger partial charge on any atom is 0.408 e. The van der Waals surface area contributed by atoms with E-state index in [1.165, 1.54) is 23.1 Å². The molecule has 1 amide bonds. The van der Waals surface area contributed by atoms with Gasteiger partial charge >= 0.3 is 6.09 Å². The van der Waals surface area contributed by atoms with Gasteiger partial charge in [0.2, 0.25) is 11.0 Å². The summed E-state index contributed by atoms with van der Waals surface area (Å²) in [4.78, 5) is 16.2. The van der Waals surface area contributed by atoms with Crippen molar-refractivity contribution in [1.29, 1.82) is 0 Å². The second-order valence-corrected chi connectivity index (χ2v) is 8.69. The summed E-state index contributed by atoms with van der Waals surface area (Å²) in [5, 5.41) is 14.7. The third-order valence-corrected chi connectivity index (χ3v) is 4.45. The summed E-state index contributed by atoms with van der Waals surface area (Å²) in [6, 6.07) is 0. The summed E-state index contributed by atoms with van der Waals surface area (Å²) < 4.78 is 11.2. The van der Waals surface area contributed by atoms with E-state index in [2.05, 4.69) is 25.7 Å². The Kier molecular flexibility index (Phi) is 5.33. The number of hydrogen-bond donors (Lipinski definition) is 2. The number of rotatable bonds is 5. The molecule has 2 heterocycles. The van der Waals surface area contributed by atoms with E-state index in [4.69, 9.17) is 15.0 Å².